The molecular weight excluding hydrogens is 283 g/mol. The molecule has 0 nitrogen and oxygen atoms in total. The summed E-state index contributed by atoms with van der Waals surface area (Å²) < 4.78 is 0. The van der Waals surface area contributed by atoms with Gasteiger partial charge in [0.05, 0.1) is 0 Å². The number of benzene rings is 3. The van der Waals surface area contributed by atoms with Gasteiger partial charge in [-0.25, -0.2) is 0 Å². The lowest BCUT2D eigenvalue weighted by Gasteiger charge is -2.19. The molecule has 3 aromatic carbocycles. The van der Waals surface area contributed by atoms with Crippen LogP contribution in [0.3, 0.4) is 0 Å². The largest absolute Gasteiger partial charge is 0.0622 e. The molecule has 0 spiro atoms. The molecule has 0 fully saturated rings. The van der Waals surface area contributed by atoms with Gasteiger partial charge in [-0.1, -0.05) is 97.1 Å². The molecule has 0 amide bonds. The number of hydrogen-bond donors (Lipinski definition) is 0. The third kappa shape index (κ3) is 3.53. The first-order chi connectivity index (χ1) is 10.8. The van der Waals surface area contributed by atoms with E-state index in [1.165, 1.54) is 21.5 Å². The Morgan fingerprint density at radius 2 is 1.05 bits per heavy atom. The van der Waals surface area contributed by atoms with E-state index >= 15 is 0 Å². The van der Waals surface area contributed by atoms with Crippen molar-refractivity contribution < 1.29 is 0 Å². The molecule has 0 unspecified atom stereocenters. The summed E-state index contributed by atoms with van der Waals surface area (Å²) in [4.78, 5) is 0. The van der Waals surface area contributed by atoms with Gasteiger partial charge in [0.25, 0.3) is 0 Å². The van der Waals surface area contributed by atoms with E-state index in [1.807, 2.05) is 0 Å². The van der Waals surface area contributed by atoms with Crippen molar-refractivity contribution in [3.05, 3.63) is 102 Å². The number of rotatable bonds is 4. The van der Waals surface area contributed by atoms with Crippen molar-refractivity contribution in [1.82, 2.24) is 0 Å². The van der Waals surface area contributed by atoms with E-state index < -0.39 is 7.92 Å². The van der Waals surface area contributed by atoms with E-state index in [4.69, 9.17) is 0 Å². The van der Waals surface area contributed by atoms with Gasteiger partial charge in [0, 0.05) is 0 Å². The third-order valence-electron chi connectivity index (χ3n) is 3.56. The van der Waals surface area contributed by atoms with Gasteiger partial charge in [-0.2, -0.15) is 0 Å². The van der Waals surface area contributed by atoms with Gasteiger partial charge in [0.2, 0.25) is 0 Å². The minimum Gasteiger partial charge on any atom is -0.0622 e. The second-order valence-electron chi connectivity index (χ2n) is 5.20. The molecule has 3 aromatic rings. The maximum atomic E-state index is 2.31. The zero-order chi connectivity index (χ0) is 15.2. The predicted molar refractivity (Wildman–Crippen MR) is 99.2 cm³/mol. The zero-order valence-electron chi connectivity index (χ0n) is 12.7. The highest BCUT2D eigenvalue weighted by Gasteiger charge is 2.15. The lowest BCUT2D eigenvalue weighted by Crippen LogP contribution is -2.11. The molecule has 0 aromatic heterocycles. The minimum absolute atomic E-state index is 0.475. The molecule has 0 heterocycles. The normalized spacial score (nSPS) is 11.6. The maximum absolute atomic E-state index is 2.31. The molecule has 0 aliphatic rings. The van der Waals surface area contributed by atoms with Crippen LogP contribution in [0.2, 0.25) is 0 Å². The van der Waals surface area contributed by atoms with Gasteiger partial charge in [0.1, 0.15) is 0 Å². The zero-order valence-corrected chi connectivity index (χ0v) is 13.6. The predicted octanol–water partition coefficient (Wildman–Crippen LogP) is 5.18. The van der Waals surface area contributed by atoms with E-state index in [0.29, 0.717) is 0 Å². The average molecular weight is 302 g/mol. The highest BCUT2D eigenvalue weighted by Crippen LogP contribution is 2.43. The fraction of sp³-hybridized carbons (Fsp3) is 0.0476. The Kier molecular flexibility index (Phi) is 4.83. The van der Waals surface area contributed by atoms with Gasteiger partial charge in [-0.3, -0.25) is 0 Å². The third-order valence-corrected chi connectivity index (χ3v) is 6.02. The summed E-state index contributed by atoms with van der Waals surface area (Å²) in [5.41, 5.74) is 1.26. The molecule has 0 aliphatic heterocycles. The minimum atomic E-state index is -0.475. The Bertz CT molecular complexity index is 691. The molecule has 0 aliphatic carbocycles. The summed E-state index contributed by atoms with van der Waals surface area (Å²) in [6, 6.07) is 32.2. The number of allylic oxidation sites excluding steroid dienone is 1. The van der Waals surface area contributed by atoms with E-state index in [9.17, 15) is 0 Å². The second kappa shape index (κ2) is 7.20. The molecule has 0 saturated carbocycles. The number of hydrogen-bond acceptors (Lipinski definition) is 0. The monoisotopic (exact) mass is 302 g/mol. The van der Waals surface area contributed by atoms with Crippen LogP contribution >= 0.6 is 7.92 Å². The van der Waals surface area contributed by atoms with E-state index in [2.05, 4.69) is 104 Å². The summed E-state index contributed by atoms with van der Waals surface area (Å²) >= 11 is 0. The van der Waals surface area contributed by atoms with Crippen LogP contribution < -0.4 is 10.6 Å². The summed E-state index contributed by atoms with van der Waals surface area (Å²) in [5.74, 6) is 0. The summed E-state index contributed by atoms with van der Waals surface area (Å²) in [7, 11) is -0.475. The second-order valence-corrected chi connectivity index (χ2v) is 7.61. The Hall–Kier alpha value is -2.17. The standard InChI is InChI=1S/C21H19P/c1-18(17-19-11-5-2-6-12-19)22(20-13-7-3-8-14-20)21-15-9-4-10-16-21/h2-17H,1H3/b18-17-. The van der Waals surface area contributed by atoms with Gasteiger partial charge >= 0.3 is 0 Å². The Morgan fingerprint density at radius 3 is 1.50 bits per heavy atom. The van der Waals surface area contributed by atoms with Crippen LogP contribution in [0.4, 0.5) is 0 Å². The lowest BCUT2D eigenvalue weighted by atomic mass is 10.2. The van der Waals surface area contributed by atoms with Crippen molar-refractivity contribution in [1.29, 1.82) is 0 Å². The van der Waals surface area contributed by atoms with Crippen molar-refractivity contribution in [2.24, 2.45) is 0 Å². The van der Waals surface area contributed by atoms with Crippen LogP contribution in [0, 0.1) is 0 Å². The molecule has 0 N–H and O–H groups in total. The van der Waals surface area contributed by atoms with Crippen LogP contribution in [0.15, 0.2) is 96.3 Å². The van der Waals surface area contributed by atoms with Crippen molar-refractivity contribution in [3.63, 3.8) is 0 Å². The van der Waals surface area contributed by atoms with Crippen LogP contribution in [0.5, 0.6) is 0 Å². The van der Waals surface area contributed by atoms with E-state index in [0.717, 1.165) is 0 Å². The van der Waals surface area contributed by atoms with Crippen molar-refractivity contribution in [2.75, 3.05) is 0 Å². The van der Waals surface area contributed by atoms with E-state index in [1.54, 1.807) is 0 Å². The SMILES string of the molecule is C/C(=C/c1ccccc1)P(c1ccccc1)c1ccccc1. The van der Waals surface area contributed by atoms with Crippen molar-refractivity contribution in [2.45, 2.75) is 6.92 Å². The molecule has 0 radical (unpaired) electrons. The Labute approximate surface area is 133 Å². The molecule has 0 saturated heterocycles. The fourth-order valence-corrected chi connectivity index (χ4v) is 4.90. The van der Waals surface area contributed by atoms with Gasteiger partial charge < -0.3 is 0 Å². The van der Waals surface area contributed by atoms with Crippen molar-refractivity contribution in [3.8, 4) is 0 Å². The Balaban J connectivity index is 2.04. The highest BCUT2D eigenvalue weighted by molar-refractivity contribution is 7.76. The summed E-state index contributed by atoms with van der Waals surface area (Å²) in [6.07, 6.45) is 2.31. The first-order valence-corrected chi connectivity index (χ1v) is 8.82. The summed E-state index contributed by atoms with van der Waals surface area (Å²) in [6.45, 7) is 2.25. The van der Waals surface area contributed by atoms with E-state index in [-0.39, 0.29) is 0 Å². The fourth-order valence-electron chi connectivity index (χ4n) is 2.57. The smallest absolute Gasteiger partial charge is 0.0154 e. The van der Waals surface area contributed by atoms with Crippen LogP contribution in [0.25, 0.3) is 6.08 Å². The van der Waals surface area contributed by atoms with Crippen LogP contribution in [-0.2, 0) is 0 Å². The Morgan fingerprint density at radius 1 is 0.636 bits per heavy atom. The lowest BCUT2D eigenvalue weighted by molar-refractivity contribution is 1.62. The first-order valence-electron chi connectivity index (χ1n) is 7.48. The molecule has 1 heteroatoms. The van der Waals surface area contributed by atoms with Gasteiger partial charge in [-0.05, 0) is 36.3 Å². The first kappa shape index (κ1) is 14.8. The molecule has 108 valence electrons. The molecular formula is C21H19P. The quantitative estimate of drug-likeness (QED) is 0.582. The topological polar surface area (TPSA) is 0 Å². The van der Waals surface area contributed by atoms with Gasteiger partial charge in [-0.15, -0.1) is 0 Å². The van der Waals surface area contributed by atoms with Crippen molar-refractivity contribution >= 4 is 24.6 Å². The summed E-state index contributed by atoms with van der Waals surface area (Å²) in [5, 5.41) is 4.21. The molecule has 3 rings (SSSR count). The molecule has 0 atom stereocenters. The highest BCUT2D eigenvalue weighted by atomic mass is 31.1. The van der Waals surface area contributed by atoms with Gasteiger partial charge in [0.15, 0.2) is 0 Å². The van der Waals surface area contributed by atoms with Crippen LogP contribution in [0.1, 0.15) is 12.5 Å². The molecule has 0 bridgehead atoms. The molecule has 22 heavy (non-hydrogen) atoms. The van der Waals surface area contributed by atoms with Crippen LogP contribution in [-0.4, -0.2) is 0 Å². The maximum Gasteiger partial charge on any atom is -0.0154 e. The average Bonchev–Trinajstić information content (AvgIpc) is 2.58.